The third-order valence-corrected chi connectivity index (χ3v) is 4.30. The van der Waals surface area contributed by atoms with Crippen LogP contribution in [0.15, 0.2) is 65.5 Å². The topological polar surface area (TPSA) is 39.8 Å². The first-order chi connectivity index (χ1) is 11.8. The molecule has 0 bridgehead atoms. The molecule has 1 atom stereocenters. The molecule has 0 amide bonds. The second-order valence-corrected chi connectivity index (χ2v) is 5.82. The number of furan rings is 1. The van der Waals surface area contributed by atoms with Gasteiger partial charge in [0.05, 0.1) is 26.5 Å². The molecule has 1 fully saturated rings. The minimum atomic E-state index is -0.0328. The number of hydrogen-bond acceptors (Lipinski definition) is 4. The van der Waals surface area contributed by atoms with Crippen molar-refractivity contribution >= 4 is 0 Å². The third kappa shape index (κ3) is 2.96. The first-order valence-electron chi connectivity index (χ1n) is 8.04. The Morgan fingerprint density at radius 3 is 2.79 bits per heavy atom. The minimum Gasteiger partial charge on any atom is -0.497 e. The van der Waals surface area contributed by atoms with Gasteiger partial charge in [-0.05, 0) is 42.5 Å². The van der Waals surface area contributed by atoms with E-state index in [4.69, 9.17) is 13.9 Å². The van der Waals surface area contributed by atoms with E-state index in [0.717, 1.165) is 42.5 Å². The maximum absolute atomic E-state index is 5.94. The normalized spacial score (nSPS) is 18.1. The van der Waals surface area contributed by atoms with Crippen LogP contribution in [0.4, 0.5) is 0 Å². The molecule has 0 saturated carbocycles. The van der Waals surface area contributed by atoms with Crippen molar-refractivity contribution in [1.29, 1.82) is 0 Å². The van der Waals surface area contributed by atoms with Crippen molar-refractivity contribution in [2.75, 3.05) is 20.3 Å². The van der Waals surface area contributed by atoms with Crippen molar-refractivity contribution in [3.05, 3.63) is 72.4 Å². The first-order valence-corrected chi connectivity index (χ1v) is 8.04. The molecule has 3 heterocycles. The molecule has 4 rings (SSSR count). The summed E-state index contributed by atoms with van der Waals surface area (Å²) in [7, 11) is 1.67. The van der Waals surface area contributed by atoms with Crippen LogP contribution in [0.5, 0.6) is 5.75 Å². The Hall–Kier alpha value is -2.50. The number of nitrogens with zero attached hydrogens (tertiary/aromatic N) is 2. The molecular weight excluding hydrogens is 304 g/mol. The highest BCUT2D eigenvalue weighted by Crippen LogP contribution is 2.29. The van der Waals surface area contributed by atoms with Crippen molar-refractivity contribution in [3.8, 4) is 11.4 Å². The second-order valence-electron chi connectivity index (χ2n) is 5.82. The van der Waals surface area contributed by atoms with E-state index in [-0.39, 0.29) is 6.23 Å². The lowest BCUT2D eigenvalue weighted by Crippen LogP contribution is -2.22. The third-order valence-electron chi connectivity index (χ3n) is 4.30. The van der Waals surface area contributed by atoms with Gasteiger partial charge in [0.15, 0.2) is 0 Å². The van der Waals surface area contributed by atoms with E-state index in [9.17, 15) is 0 Å². The van der Waals surface area contributed by atoms with Gasteiger partial charge in [-0.25, -0.2) is 0 Å². The van der Waals surface area contributed by atoms with Crippen LogP contribution < -0.4 is 4.74 Å². The van der Waals surface area contributed by atoms with Crippen LogP contribution in [-0.2, 0) is 11.3 Å². The van der Waals surface area contributed by atoms with Gasteiger partial charge in [0.2, 0.25) is 0 Å². The fraction of sp³-hybridized carbons (Fsp3) is 0.263. The lowest BCUT2D eigenvalue weighted by Gasteiger charge is -2.21. The Labute approximate surface area is 141 Å². The fourth-order valence-electron chi connectivity index (χ4n) is 3.05. The molecule has 0 spiro atoms. The van der Waals surface area contributed by atoms with Crippen LogP contribution in [0.25, 0.3) is 5.69 Å². The molecule has 1 aromatic carbocycles. The van der Waals surface area contributed by atoms with E-state index in [1.165, 1.54) is 0 Å². The number of methoxy groups -OCH3 is 1. The van der Waals surface area contributed by atoms with Gasteiger partial charge in [-0.15, -0.1) is 0 Å². The zero-order valence-corrected chi connectivity index (χ0v) is 13.6. The predicted molar refractivity (Wildman–Crippen MR) is 90.1 cm³/mol. The van der Waals surface area contributed by atoms with Crippen molar-refractivity contribution in [2.24, 2.45) is 0 Å². The maximum atomic E-state index is 5.94. The molecule has 1 saturated heterocycles. The predicted octanol–water partition coefficient (Wildman–Crippen LogP) is 3.61. The van der Waals surface area contributed by atoms with Gasteiger partial charge in [0.1, 0.15) is 17.7 Å². The summed E-state index contributed by atoms with van der Waals surface area (Å²) in [4.78, 5) is 2.28. The van der Waals surface area contributed by atoms with E-state index in [0.29, 0.717) is 0 Å². The summed E-state index contributed by atoms with van der Waals surface area (Å²) in [5, 5.41) is 0. The van der Waals surface area contributed by atoms with E-state index < -0.39 is 0 Å². The largest absolute Gasteiger partial charge is 0.497 e. The van der Waals surface area contributed by atoms with E-state index in [2.05, 4.69) is 27.9 Å². The lowest BCUT2D eigenvalue weighted by molar-refractivity contribution is 0.0258. The Bertz CT molecular complexity index is 777. The van der Waals surface area contributed by atoms with Crippen LogP contribution in [0, 0.1) is 0 Å². The van der Waals surface area contributed by atoms with E-state index in [1.54, 1.807) is 13.4 Å². The van der Waals surface area contributed by atoms with Crippen molar-refractivity contribution in [1.82, 2.24) is 9.47 Å². The smallest absolute Gasteiger partial charge is 0.138 e. The van der Waals surface area contributed by atoms with Crippen molar-refractivity contribution in [3.63, 3.8) is 0 Å². The quantitative estimate of drug-likeness (QED) is 0.719. The van der Waals surface area contributed by atoms with Crippen LogP contribution in [0.2, 0.25) is 0 Å². The SMILES string of the molecule is COc1ccc(-n2ccc([C@H]3OCCN3Cc3ccco3)c2)cc1. The van der Waals surface area contributed by atoms with Crippen molar-refractivity contribution < 1.29 is 13.9 Å². The molecule has 24 heavy (non-hydrogen) atoms. The molecule has 0 radical (unpaired) electrons. The Morgan fingerprint density at radius 1 is 1.17 bits per heavy atom. The molecule has 124 valence electrons. The summed E-state index contributed by atoms with van der Waals surface area (Å²) >= 11 is 0. The molecule has 1 aliphatic rings. The molecule has 5 nitrogen and oxygen atoms in total. The summed E-state index contributed by atoms with van der Waals surface area (Å²) in [6.07, 6.45) is 5.85. The lowest BCUT2D eigenvalue weighted by atomic mass is 10.2. The zero-order valence-electron chi connectivity index (χ0n) is 13.6. The van der Waals surface area contributed by atoms with Crippen LogP contribution in [0.3, 0.4) is 0 Å². The van der Waals surface area contributed by atoms with Gasteiger partial charge in [0.25, 0.3) is 0 Å². The Morgan fingerprint density at radius 2 is 2.04 bits per heavy atom. The summed E-state index contributed by atoms with van der Waals surface area (Å²) in [5.74, 6) is 1.81. The number of rotatable bonds is 5. The van der Waals surface area contributed by atoms with Crippen molar-refractivity contribution in [2.45, 2.75) is 12.8 Å². The number of benzene rings is 1. The van der Waals surface area contributed by atoms with Crippen LogP contribution in [-0.4, -0.2) is 29.7 Å². The highest BCUT2D eigenvalue weighted by molar-refractivity contribution is 5.39. The molecule has 1 aliphatic heterocycles. The van der Waals surface area contributed by atoms with E-state index >= 15 is 0 Å². The fourth-order valence-corrected chi connectivity index (χ4v) is 3.05. The van der Waals surface area contributed by atoms with Gasteiger partial charge in [-0.1, -0.05) is 0 Å². The summed E-state index contributed by atoms with van der Waals surface area (Å²) < 4.78 is 18.7. The number of hydrogen-bond donors (Lipinski definition) is 0. The average Bonchev–Trinajstić information content (AvgIpc) is 3.37. The van der Waals surface area contributed by atoms with Gasteiger partial charge in [0, 0.05) is 30.2 Å². The second kappa shape index (κ2) is 6.55. The molecule has 5 heteroatoms. The standard InChI is InChI=1S/C19H20N2O3/c1-22-17-6-4-16(5-7-17)20-9-8-15(13-20)19-21(10-12-24-19)14-18-3-2-11-23-18/h2-9,11,13,19H,10,12,14H2,1H3/t19-/m1/s1. The maximum Gasteiger partial charge on any atom is 0.138 e. The Kier molecular flexibility index (Phi) is 4.11. The summed E-state index contributed by atoms with van der Waals surface area (Å²) in [5.41, 5.74) is 2.24. The highest BCUT2D eigenvalue weighted by Gasteiger charge is 2.28. The Balaban J connectivity index is 1.52. The molecule has 0 aliphatic carbocycles. The van der Waals surface area contributed by atoms with Crippen LogP contribution in [0.1, 0.15) is 17.6 Å². The number of ether oxygens (including phenoxy) is 2. The van der Waals surface area contributed by atoms with Gasteiger partial charge >= 0.3 is 0 Å². The minimum absolute atomic E-state index is 0.0328. The van der Waals surface area contributed by atoms with Gasteiger partial charge in [-0.3, -0.25) is 4.90 Å². The first kappa shape index (κ1) is 15.1. The molecule has 2 aromatic heterocycles. The molecule has 0 unspecified atom stereocenters. The highest BCUT2D eigenvalue weighted by atomic mass is 16.5. The molecule has 3 aromatic rings. The zero-order chi connectivity index (χ0) is 16.4. The number of aromatic nitrogens is 1. The summed E-state index contributed by atoms with van der Waals surface area (Å²) in [6, 6.07) is 14.0. The van der Waals surface area contributed by atoms with E-state index in [1.807, 2.05) is 36.4 Å². The summed E-state index contributed by atoms with van der Waals surface area (Å²) in [6.45, 7) is 2.39. The van der Waals surface area contributed by atoms with Crippen LogP contribution >= 0.6 is 0 Å². The van der Waals surface area contributed by atoms with Gasteiger partial charge in [-0.2, -0.15) is 0 Å². The molecule has 0 N–H and O–H groups in total. The molecular formula is C19H20N2O3. The van der Waals surface area contributed by atoms with Gasteiger partial charge < -0.3 is 18.5 Å². The monoisotopic (exact) mass is 324 g/mol. The average molecular weight is 324 g/mol.